The summed E-state index contributed by atoms with van der Waals surface area (Å²) < 4.78 is 0. The Balaban J connectivity index is 0.00000129. The van der Waals surface area contributed by atoms with Crippen LogP contribution in [0.5, 0.6) is 0 Å². The average Bonchev–Trinajstić information content (AvgIpc) is 3.42. The van der Waals surface area contributed by atoms with Crippen molar-refractivity contribution in [1.82, 2.24) is 4.90 Å². The predicted octanol–water partition coefficient (Wildman–Crippen LogP) is 9.57. The van der Waals surface area contributed by atoms with E-state index in [1.54, 1.807) is 0 Å². The van der Waals surface area contributed by atoms with Crippen LogP contribution in [0.4, 0.5) is 5.69 Å². The quantitative estimate of drug-likeness (QED) is 0.449. The molecule has 0 N–H and O–H groups in total. The van der Waals surface area contributed by atoms with Crippen LogP contribution < -0.4 is 0 Å². The second-order valence-corrected chi connectivity index (χ2v) is 8.62. The minimum absolute atomic E-state index is 0.350. The van der Waals surface area contributed by atoms with Gasteiger partial charge in [-0.15, -0.1) is 0 Å². The Morgan fingerprint density at radius 3 is 2.03 bits per heavy atom. The molecule has 3 rings (SSSR count). The minimum atomic E-state index is 0.350. The Morgan fingerprint density at radius 1 is 1.00 bits per heavy atom. The zero-order valence-electron chi connectivity index (χ0n) is 21.4. The van der Waals surface area contributed by atoms with Crippen LogP contribution in [0.1, 0.15) is 105 Å². The molecule has 1 spiro atoms. The maximum absolute atomic E-state index is 6.45. The molecule has 2 fully saturated rings. The molecule has 1 saturated heterocycles. The lowest BCUT2D eigenvalue weighted by molar-refractivity contribution is 0.153. The molecule has 4 heteroatoms. The van der Waals surface area contributed by atoms with Gasteiger partial charge in [0.1, 0.15) is 0 Å². The van der Waals surface area contributed by atoms with E-state index in [-0.39, 0.29) is 0 Å². The van der Waals surface area contributed by atoms with E-state index < -0.39 is 0 Å². The number of hydrogen-bond donors (Lipinski definition) is 0. The number of aryl methyl sites for hydroxylation is 1. The summed E-state index contributed by atoms with van der Waals surface area (Å²) in [6, 6.07) is 4.80. The highest BCUT2D eigenvalue weighted by atomic mass is 35.5. The van der Waals surface area contributed by atoms with Crippen LogP contribution in [0, 0.1) is 13.8 Å². The molecule has 0 atom stereocenters. The van der Waals surface area contributed by atoms with Gasteiger partial charge >= 0.3 is 0 Å². The average molecular weight is 455 g/mol. The van der Waals surface area contributed by atoms with Gasteiger partial charge in [0.05, 0.1) is 11.2 Å². The lowest BCUT2D eigenvalue weighted by Gasteiger charge is -2.41. The molecule has 2 nitrogen and oxygen atoms in total. The van der Waals surface area contributed by atoms with Crippen molar-refractivity contribution >= 4 is 34.2 Å². The molecular formula is C26H47ClN2S. The summed E-state index contributed by atoms with van der Waals surface area (Å²) in [5.41, 5.74) is 3.60. The number of aliphatic imine (C=N–C) groups is 1. The van der Waals surface area contributed by atoms with Crippen LogP contribution in [0.15, 0.2) is 17.1 Å². The molecule has 1 aliphatic carbocycles. The SMILES string of the molecule is CC.CC.CC.CCC(CC)N1C(=Nc2ccc(C)c(Cl)c2C)SCC12CCCC2. The van der Waals surface area contributed by atoms with E-state index in [0.717, 1.165) is 21.8 Å². The van der Waals surface area contributed by atoms with Crippen molar-refractivity contribution in [2.45, 2.75) is 119 Å². The summed E-state index contributed by atoms with van der Waals surface area (Å²) in [6.07, 6.45) is 7.74. The van der Waals surface area contributed by atoms with Crippen molar-refractivity contribution < 1.29 is 0 Å². The zero-order valence-corrected chi connectivity index (χ0v) is 22.9. The Hall–Kier alpha value is -0.670. The molecule has 1 aliphatic heterocycles. The fourth-order valence-electron chi connectivity index (χ4n) is 4.28. The first-order valence-electron chi connectivity index (χ1n) is 12.3. The van der Waals surface area contributed by atoms with Crippen LogP contribution in [-0.4, -0.2) is 27.4 Å². The van der Waals surface area contributed by atoms with E-state index in [2.05, 4.69) is 44.7 Å². The molecule has 2 aliphatic rings. The van der Waals surface area contributed by atoms with Crippen molar-refractivity contribution in [2.75, 3.05) is 5.75 Å². The van der Waals surface area contributed by atoms with E-state index in [1.807, 2.05) is 53.3 Å². The molecule has 174 valence electrons. The molecule has 0 bridgehead atoms. The highest BCUT2D eigenvalue weighted by molar-refractivity contribution is 8.14. The largest absolute Gasteiger partial charge is 0.342 e. The first kappa shape index (κ1) is 29.3. The molecular weight excluding hydrogens is 408 g/mol. The van der Waals surface area contributed by atoms with Crippen molar-refractivity contribution in [3.8, 4) is 0 Å². The smallest absolute Gasteiger partial charge is 0.165 e. The number of amidine groups is 1. The lowest BCUT2D eigenvalue weighted by Crippen LogP contribution is -2.50. The molecule has 30 heavy (non-hydrogen) atoms. The van der Waals surface area contributed by atoms with E-state index >= 15 is 0 Å². The summed E-state index contributed by atoms with van der Waals surface area (Å²) in [5.74, 6) is 1.20. The van der Waals surface area contributed by atoms with Gasteiger partial charge in [-0.05, 0) is 56.7 Å². The molecule has 1 saturated carbocycles. The first-order valence-corrected chi connectivity index (χ1v) is 13.7. The Labute approximate surface area is 197 Å². The second kappa shape index (κ2) is 15.2. The fourth-order valence-corrected chi connectivity index (χ4v) is 5.91. The summed E-state index contributed by atoms with van der Waals surface area (Å²) in [6.45, 7) is 20.8. The fraction of sp³-hybridized carbons (Fsp3) is 0.731. The van der Waals surface area contributed by atoms with Gasteiger partial charge in [-0.3, -0.25) is 0 Å². The topological polar surface area (TPSA) is 15.6 Å². The molecule has 0 aromatic heterocycles. The predicted molar refractivity (Wildman–Crippen MR) is 142 cm³/mol. The van der Waals surface area contributed by atoms with Gasteiger partial charge in [0.25, 0.3) is 0 Å². The van der Waals surface area contributed by atoms with E-state index in [4.69, 9.17) is 16.6 Å². The van der Waals surface area contributed by atoms with Crippen LogP contribution in [0.2, 0.25) is 5.02 Å². The summed E-state index contributed by atoms with van der Waals surface area (Å²) in [7, 11) is 0. The molecule has 1 aromatic rings. The van der Waals surface area contributed by atoms with Crippen molar-refractivity contribution in [3.63, 3.8) is 0 Å². The number of benzene rings is 1. The Kier molecular flexibility index (Phi) is 14.8. The third-order valence-electron chi connectivity index (χ3n) is 5.80. The highest BCUT2D eigenvalue weighted by Gasteiger charge is 2.48. The zero-order chi connectivity index (χ0) is 23.3. The van der Waals surface area contributed by atoms with Gasteiger partial charge in [0, 0.05) is 16.8 Å². The van der Waals surface area contributed by atoms with Gasteiger partial charge in [-0.25, -0.2) is 4.99 Å². The third kappa shape index (κ3) is 6.66. The maximum Gasteiger partial charge on any atom is 0.165 e. The normalized spacial score (nSPS) is 17.9. The second-order valence-electron chi connectivity index (χ2n) is 7.30. The Bertz CT molecular complexity index is 632. The number of halogens is 1. The molecule has 1 aromatic carbocycles. The van der Waals surface area contributed by atoms with Gasteiger partial charge in [-0.2, -0.15) is 0 Å². The number of hydrogen-bond acceptors (Lipinski definition) is 2. The van der Waals surface area contributed by atoms with E-state index in [9.17, 15) is 0 Å². The van der Waals surface area contributed by atoms with Crippen LogP contribution >= 0.6 is 23.4 Å². The van der Waals surface area contributed by atoms with Gasteiger partial charge in [0.15, 0.2) is 5.17 Å². The van der Waals surface area contributed by atoms with Crippen molar-refractivity contribution in [2.24, 2.45) is 4.99 Å². The molecule has 0 radical (unpaired) electrons. The Morgan fingerprint density at radius 2 is 1.53 bits per heavy atom. The van der Waals surface area contributed by atoms with Gasteiger partial charge in [-0.1, -0.05) is 97.7 Å². The molecule has 0 amide bonds. The molecule has 0 unspecified atom stereocenters. The number of rotatable bonds is 4. The maximum atomic E-state index is 6.45. The highest BCUT2D eigenvalue weighted by Crippen LogP contribution is 2.47. The minimum Gasteiger partial charge on any atom is -0.342 e. The molecule has 1 heterocycles. The van der Waals surface area contributed by atoms with E-state index in [0.29, 0.717) is 11.6 Å². The van der Waals surface area contributed by atoms with Crippen LogP contribution in [-0.2, 0) is 0 Å². The van der Waals surface area contributed by atoms with Gasteiger partial charge < -0.3 is 4.90 Å². The monoisotopic (exact) mass is 454 g/mol. The van der Waals surface area contributed by atoms with Crippen LogP contribution in [0.3, 0.4) is 0 Å². The summed E-state index contributed by atoms with van der Waals surface area (Å²) >= 11 is 8.40. The van der Waals surface area contributed by atoms with Gasteiger partial charge in [0.2, 0.25) is 0 Å². The van der Waals surface area contributed by atoms with Crippen LogP contribution in [0.25, 0.3) is 0 Å². The number of thioether (sulfide) groups is 1. The summed E-state index contributed by atoms with van der Waals surface area (Å²) in [5, 5.41) is 2.07. The van der Waals surface area contributed by atoms with Crippen molar-refractivity contribution in [1.29, 1.82) is 0 Å². The third-order valence-corrected chi connectivity index (χ3v) is 7.61. The number of nitrogens with zero attached hydrogens (tertiary/aromatic N) is 2. The first-order chi connectivity index (χ1) is 14.5. The van der Waals surface area contributed by atoms with Crippen molar-refractivity contribution in [3.05, 3.63) is 28.3 Å². The lowest BCUT2D eigenvalue weighted by atomic mass is 9.94. The summed E-state index contributed by atoms with van der Waals surface area (Å²) in [4.78, 5) is 7.79. The van der Waals surface area contributed by atoms with E-state index in [1.165, 1.54) is 49.4 Å². The standard InChI is InChI=1S/C20H29ClN2S.3C2H6/c1-5-16(6-2)23-19(24-13-20(23)11-7-8-12-20)22-17-10-9-14(3)18(21)15(17)4;3*1-2/h9-10,16H,5-8,11-13H2,1-4H3;3*1-2H3.